The van der Waals surface area contributed by atoms with E-state index in [0.29, 0.717) is 27.4 Å². The van der Waals surface area contributed by atoms with Gasteiger partial charge in [0.2, 0.25) is 5.88 Å². The number of aromatic nitrogens is 2. The molecule has 1 aromatic heterocycles. The molecular formula is C12H12BrFN4O. The van der Waals surface area contributed by atoms with Gasteiger partial charge in [-0.05, 0) is 35.0 Å². The minimum atomic E-state index is -0.430. The summed E-state index contributed by atoms with van der Waals surface area (Å²) in [6.07, 6.45) is 0. The van der Waals surface area contributed by atoms with Crippen LogP contribution in [0.2, 0.25) is 0 Å². The number of hydrogen-bond acceptors (Lipinski definition) is 3. The van der Waals surface area contributed by atoms with E-state index in [-0.39, 0.29) is 5.84 Å². The van der Waals surface area contributed by atoms with E-state index in [1.807, 2.05) is 0 Å². The molecule has 0 aliphatic carbocycles. The van der Waals surface area contributed by atoms with Crippen molar-refractivity contribution in [3.8, 4) is 11.6 Å². The van der Waals surface area contributed by atoms with E-state index in [2.05, 4.69) is 21.0 Å². The van der Waals surface area contributed by atoms with Crippen molar-refractivity contribution in [2.24, 2.45) is 12.8 Å². The summed E-state index contributed by atoms with van der Waals surface area (Å²) in [5.74, 6) is 0.0527. The SMILES string of the molecule is Cc1nn(C)c(Oc2ccc(Br)c(F)c2)c1C(=N)N. The molecule has 3 N–H and O–H groups in total. The predicted octanol–water partition coefficient (Wildman–Crippen LogP) is 2.71. The Morgan fingerprint density at radius 2 is 2.21 bits per heavy atom. The monoisotopic (exact) mass is 326 g/mol. The number of halogens is 2. The van der Waals surface area contributed by atoms with E-state index >= 15 is 0 Å². The molecule has 7 heteroatoms. The van der Waals surface area contributed by atoms with E-state index < -0.39 is 5.82 Å². The molecule has 0 unspecified atom stereocenters. The zero-order chi connectivity index (χ0) is 14.2. The maximum atomic E-state index is 13.4. The number of aryl methyl sites for hydroxylation is 2. The molecular weight excluding hydrogens is 315 g/mol. The molecule has 0 radical (unpaired) electrons. The van der Waals surface area contributed by atoms with Crippen LogP contribution in [-0.2, 0) is 7.05 Å². The fraction of sp³-hybridized carbons (Fsp3) is 0.167. The lowest BCUT2D eigenvalue weighted by molar-refractivity contribution is 0.426. The number of benzene rings is 1. The van der Waals surface area contributed by atoms with Gasteiger partial charge in [0.15, 0.2) is 0 Å². The zero-order valence-corrected chi connectivity index (χ0v) is 12.0. The quantitative estimate of drug-likeness (QED) is 0.672. The Morgan fingerprint density at radius 3 is 2.79 bits per heavy atom. The molecule has 19 heavy (non-hydrogen) atoms. The normalized spacial score (nSPS) is 10.5. The largest absolute Gasteiger partial charge is 0.438 e. The highest BCUT2D eigenvalue weighted by Crippen LogP contribution is 2.29. The van der Waals surface area contributed by atoms with Gasteiger partial charge in [0.1, 0.15) is 23.0 Å². The standard InChI is InChI=1S/C12H12BrFN4O/c1-6-10(11(15)16)12(18(2)17-6)19-7-3-4-8(13)9(14)5-7/h3-5H,1-2H3,(H3,15,16). The summed E-state index contributed by atoms with van der Waals surface area (Å²) < 4.78 is 20.8. The smallest absolute Gasteiger partial charge is 0.228 e. The number of nitrogens with zero attached hydrogens (tertiary/aromatic N) is 2. The molecule has 0 bridgehead atoms. The van der Waals surface area contributed by atoms with E-state index in [1.165, 1.54) is 10.7 Å². The molecule has 0 saturated carbocycles. The Hall–Kier alpha value is -1.89. The van der Waals surface area contributed by atoms with E-state index in [9.17, 15) is 4.39 Å². The fourth-order valence-electron chi connectivity index (χ4n) is 1.72. The van der Waals surface area contributed by atoms with E-state index in [1.54, 1.807) is 26.1 Å². The van der Waals surface area contributed by atoms with Crippen LogP contribution in [0.15, 0.2) is 22.7 Å². The van der Waals surface area contributed by atoms with E-state index in [0.717, 1.165) is 0 Å². The summed E-state index contributed by atoms with van der Waals surface area (Å²) in [6, 6.07) is 4.40. The first kappa shape index (κ1) is 13.5. The lowest BCUT2D eigenvalue weighted by Crippen LogP contribution is -2.13. The number of nitrogens with one attached hydrogen (secondary N) is 1. The van der Waals surface area contributed by atoms with Crippen LogP contribution in [0.5, 0.6) is 11.6 Å². The van der Waals surface area contributed by atoms with E-state index in [4.69, 9.17) is 15.9 Å². The van der Waals surface area contributed by atoms with Gasteiger partial charge in [0.25, 0.3) is 0 Å². The van der Waals surface area contributed by atoms with Crippen LogP contribution in [0, 0.1) is 18.2 Å². The number of nitrogen functional groups attached to an aromatic ring is 1. The number of rotatable bonds is 3. The van der Waals surface area contributed by atoms with Gasteiger partial charge in [-0.3, -0.25) is 5.41 Å². The summed E-state index contributed by atoms with van der Waals surface area (Å²) in [5.41, 5.74) is 6.50. The van der Waals surface area contributed by atoms with Crippen LogP contribution in [0.25, 0.3) is 0 Å². The molecule has 1 aromatic carbocycles. The molecule has 0 aliphatic rings. The highest BCUT2D eigenvalue weighted by atomic mass is 79.9. The summed E-state index contributed by atoms with van der Waals surface area (Å²) in [4.78, 5) is 0. The Labute approximate surface area is 117 Å². The van der Waals surface area contributed by atoms with Gasteiger partial charge in [-0.1, -0.05) is 0 Å². The van der Waals surface area contributed by atoms with Crippen LogP contribution in [0.1, 0.15) is 11.3 Å². The second-order valence-electron chi connectivity index (χ2n) is 3.98. The van der Waals surface area contributed by atoms with Gasteiger partial charge in [-0.2, -0.15) is 5.10 Å². The number of hydrogen-bond donors (Lipinski definition) is 2. The van der Waals surface area contributed by atoms with Crippen molar-refractivity contribution in [3.05, 3.63) is 39.7 Å². The van der Waals surface area contributed by atoms with Crippen molar-refractivity contribution in [2.45, 2.75) is 6.92 Å². The molecule has 1 heterocycles. The summed E-state index contributed by atoms with van der Waals surface area (Å²) in [6.45, 7) is 1.73. The molecule has 0 spiro atoms. The first-order chi connectivity index (χ1) is 8.90. The van der Waals surface area contributed by atoms with Gasteiger partial charge in [-0.25, -0.2) is 9.07 Å². The topological polar surface area (TPSA) is 76.9 Å². The van der Waals surface area contributed by atoms with Crippen LogP contribution >= 0.6 is 15.9 Å². The van der Waals surface area contributed by atoms with Crippen molar-refractivity contribution < 1.29 is 9.13 Å². The van der Waals surface area contributed by atoms with Crippen molar-refractivity contribution in [1.82, 2.24) is 9.78 Å². The van der Waals surface area contributed by atoms with Gasteiger partial charge in [0, 0.05) is 13.1 Å². The Balaban J connectivity index is 2.43. The highest BCUT2D eigenvalue weighted by molar-refractivity contribution is 9.10. The maximum Gasteiger partial charge on any atom is 0.228 e. The number of nitrogens with two attached hydrogens (primary N) is 1. The maximum absolute atomic E-state index is 13.4. The van der Waals surface area contributed by atoms with Crippen molar-refractivity contribution >= 4 is 21.8 Å². The molecule has 0 fully saturated rings. The first-order valence-electron chi connectivity index (χ1n) is 5.41. The average molecular weight is 327 g/mol. The van der Waals surface area contributed by atoms with Gasteiger partial charge in [-0.15, -0.1) is 0 Å². The average Bonchev–Trinajstić information content (AvgIpc) is 2.59. The van der Waals surface area contributed by atoms with Gasteiger partial charge >= 0.3 is 0 Å². The summed E-state index contributed by atoms with van der Waals surface area (Å²) in [7, 11) is 1.67. The second-order valence-corrected chi connectivity index (χ2v) is 4.84. The summed E-state index contributed by atoms with van der Waals surface area (Å²) >= 11 is 3.07. The second kappa shape index (κ2) is 5.00. The van der Waals surface area contributed by atoms with Crippen LogP contribution < -0.4 is 10.5 Å². The van der Waals surface area contributed by atoms with Crippen molar-refractivity contribution in [2.75, 3.05) is 0 Å². The van der Waals surface area contributed by atoms with Crippen LogP contribution in [-0.4, -0.2) is 15.6 Å². The number of ether oxygens (including phenoxy) is 1. The Morgan fingerprint density at radius 1 is 1.53 bits per heavy atom. The number of amidine groups is 1. The lowest BCUT2D eigenvalue weighted by Gasteiger charge is -2.08. The minimum Gasteiger partial charge on any atom is -0.438 e. The molecule has 2 aromatic rings. The Kier molecular flexibility index (Phi) is 3.57. The molecule has 0 atom stereocenters. The Bertz CT molecular complexity index is 653. The third-order valence-electron chi connectivity index (χ3n) is 2.54. The van der Waals surface area contributed by atoms with Gasteiger partial charge < -0.3 is 10.5 Å². The highest BCUT2D eigenvalue weighted by Gasteiger charge is 2.18. The zero-order valence-electron chi connectivity index (χ0n) is 10.4. The fourth-order valence-corrected chi connectivity index (χ4v) is 1.96. The third kappa shape index (κ3) is 2.60. The molecule has 0 amide bonds. The molecule has 0 saturated heterocycles. The first-order valence-corrected chi connectivity index (χ1v) is 6.20. The molecule has 2 rings (SSSR count). The van der Waals surface area contributed by atoms with Crippen LogP contribution in [0.3, 0.4) is 0 Å². The third-order valence-corrected chi connectivity index (χ3v) is 3.19. The van der Waals surface area contributed by atoms with Gasteiger partial charge in [0.05, 0.1) is 10.2 Å². The lowest BCUT2D eigenvalue weighted by atomic mass is 10.2. The molecule has 0 aliphatic heterocycles. The molecule has 5 nitrogen and oxygen atoms in total. The minimum absolute atomic E-state index is 0.141. The predicted molar refractivity (Wildman–Crippen MR) is 73.1 cm³/mol. The van der Waals surface area contributed by atoms with Crippen LogP contribution in [0.4, 0.5) is 4.39 Å². The summed E-state index contributed by atoms with van der Waals surface area (Å²) in [5, 5.41) is 11.7. The molecule has 100 valence electrons. The van der Waals surface area contributed by atoms with Crippen molar-refractivity contribution in [1.29, 1.82) is 5.41 Å². The van der Waals surface area contributed by atoms with Crippen molar-refractivity contribution in [3.63, 3.8) is 0 Å².